The lowest BCUT2D eigenvalue weighted by atomic mass is 9.98. The van der Waals surface area contributed by atoms with Gasteiger partial charge in [-0.1, -0.05) is 60.7 Å². The van der Waals surface area contributed by atoms with Crippen molar-refractivity contribution < 1.29 is 14.4 Å². The Morgan fingerprint density at radius 1 is 0.891 bits per heavy atom. The van der Waals surface area contributed by atoms with Crippen LogP contribution in [0.4, 0.5) is 0 Å². The van der Waals surface area contributed by atoms with Crippen molar-refractivity contribution in [2.45, 2.75) is 71.0 Å². The number of aromatic nitrogens is 4. The van der Waals surface area contributed by atoms with Gasteiger partial charge < -0.3 is 15.1 Å². The number of fused-ring (bicyclic) bond motifs is 2. The van der Waals surface area contributed by atoms with Crippen LogP contribution in [0.15, 0.2) is 72.9 Å². The minimum Gasteiger partial charge on any atom is -0.344 e. The van der Waals surface area contributed by atoms with Gasteiger partial charge in [-0.05, 0) is 68.7 Å². The molecule has 2 aromatic carbocycles. The van der Waals surface area contributed by atoms with Crippen LogP contribution < -0.4 is 5.32 Å². The second-order valence-corrected chi connectivity index (χ2v) is 12.2. The van der Waals surface area contributed by atoms with E-state index in [0.717, 1.165) is 29.5 Å². The van der Waals surface area contributed by atoms with Crippen LogP contribution in [-0.2, 0) is 22.6 Å². The molecule has 0 spiro atoms. The fraction of sp³-hybridized carbons (Fsp3) is 0.389. The monoisotopic (exact) mass is 619 g/mol. The van der Waals surface area contributed by atoms with Gasteiger partial charge in [-0.25, -0.2) is 9.67 Å². The summed E-state index contributed by atoms with van der Waals surface area (Å²) in [7, 11) is 0. The molecule has 1 N–H and O–H groups in total. The lowest BCUT2D eigenvalue weighted by Crippen LogP contribution is -2.53. The standard InChI is InChI=1S/C36H41N7O3/c1-25-33(29(18-19-37-25)28-14-7-4-8-15-28)36(46)41-20-11-17-32(44)42-21-10-9-16-31(42)35(45)39-30(24-27-12-5-3-6-13-27)34-38-26(2)40-43(34)23-22-41/h3-8,12-15,18-19,30-31H,9-11,16-17,20-24H2,1-2H3,(H,39,45)/t30-,31+/m1/s1. The van der Waals surface area contributed by atoms with Crippen LogP contribution in [0.1, 0.15) is 71.4 Å². The SMILES string of the molecule is Cc1nc2n(n1)CCN(C(=O)c1c(-c3ccccc3)ccnc1C)CCCC(=O)N1CCCC[C@H]1C(=O)N[C@@H]2Cc1ccccc1. The van der Waals surface area contributed by atoms with Crippen LogP contribution in [0, 0.1) is 13.8 Å². The quantitative estimate of drug-likeness (QED) is 0.355. The number of amides is 3. The maximum atomic E-state index is 14.4. The highest BCUT2D eigenvalue weighted by Gasteiger charge is 2.35. The molecular formula is C36H41N7O3. The van der Waals surface area contributed by atoms with Crippen molar-refractivity contribution in [2.75, 3.05) is 19.6 Å². The number of nitrogens with one attached hydrogen (secondary N) is 1. The third-order valence-electron chi connectivity index (χ3n) is 8.97. The highest BCUT2D eigenvalue weighted by atomic mass is 16.2. The second kappa shape index (κ2) is 14.1. The molecule has 2 aromatic heterocycles. The molecule has 238 valence electrons. The molecule has 2 aliphatic heterocycles. The summed E-state index contributed by atoms with van der Waals surface area (Å²) < 4.78 is 1.83. The molecule has 2 atom stereocenters. The van der Waals surface area contributed by atoms with Gasteiger partial charge in [-0.2, -0.15) is 5.10 Å². The molecular weight excluding hydrogens is 578 g/mol. The Morgan fingerprint density at radius 2 is 1.65 bits per heavy atom. The van der Waals surface area contributed by atoms with Crippen LogP contribution in [0.2, 0.25) is 0 Å². The normalized spacial score (nSPS) is 19.5. The Hall–Kier alpha value is -4.86. The molecule has 1 saturated heterocycles. The smallest absolute Gasteiger partial charge is 0.256 e. The van der Waals surface area contributed by atoms with Crippen molar-refractivity contribution in [1.29, 1.82) is 0 Å². The predicted molar refractivity (Wildman–Crippen MR) is 175 cm³/mol. The van der Waals surface area contributed by atoms with Crippen LogP contribution in [0.25, 0.3) is 11.1 Å². The predicted octanol–water partition coefficient (Wildman–Crippen LogP) is 4.67. The zero-order chi connectivity index (χ0) is 32.0. The van der Waals surface area contributed by atoms with Crippen molar-refractivity contribution in [3.63, 3.8) is 0 Å². The van der Waals surface area contributed by atoms with Gasteiger partial charge in [-0.15, -0.1) is 0 Å². The topological polar surface area (TPSA) is 113 Å². The molecule has 4 aromatic rings. The molecule has 0 saturated carbocycles. The Kier molecular flexibility index (Phi) is 9.51. The van der Waals surface area contributed by atoms with E-state index in [2.05, 4.69) is 10.3 Å². The molecule has 0 bridgehead atoms. The van der Waals surface area contributed by atoms with Crippen LogP contribution in [0.5, 0.6) is 0 Å². The number of hydrogen-bond acceptors (Lipinski definition) is 6. The summed E-state index contributed by atoms with van der Waals surface area (Å²) in [4.78, 5) is 54.7. The molecule has 4 heterocycles. The average Bonchev–Trinajstić information content (AvgIpc) is 3.46. The van der Waals surface area contributed by atoms with E-state index < -0.39 is 12.1 Å². The summed E-state index contributed by atoms with van der Waals surface area (Å²) in [6, 6.07) is 20.7. The number of benzene rings is 2. The second-order valence-electron chi connectivity index (χ2n) is 12.2. The largest absolute Gasteiger partial charge is 0.344 e. The van der Waals surface area contributed by atoms with Crippen LogP contribution in [-0.4, -0.2) is 72.9 Å². The van der Waals surface area contributed by atoms with Crippen molar-refractivity contribution in [2.24, 2.45) is 0 Å². The highest BCUT2D eigenvalue weighted by Crippen LogP contribution is 2.27. The number of rotatable bonds is 4. The van der Waals surface area contributed by atoms with Gasteiger partial charge in [-0.3, -0.25) is 19.4 Å². The molecule has 46 heavy (non-hydrogen) atoms. The molecule has 0 radical (unpaired) electrons. The summed E-state index contributed by atoms with van der Waals surface area (Å²) >= 11 is 0. The first kappa shape index (κ1) is 31.1. The molecule has 6 rings (SSSR count). The van der Waals surface area contributed by atoms with E-state index >= 15 is 0 Å². The Bertz CT molecular complexity index is 1690. The summed E-state index contributed by atoms with van der Waals surface area (Å²) in [5, 5.41) is 7.98. The summed E-state index contributed by atoms with van der Waals surface area (Å²) in [6.45, 7) is 5.36. The van der Waals surface area contributed by atoms with Crippen molar-refractivity contribution in [3.05, 3.63) is 101 Å². The third-order valence-corrected chi connectivity index (χ3v) is 8.97. The first-order valence-corrected chi connectivity index (χ1v) is 16.2. The van der Waals surface area contributed by atoms with E-state index in [9.17, 15) is 14.4 Å². The summed E-state index contributed by atoms with van der Waals surface area (Å²) in [6.07, 6.45) is 5.36. The Balaban J connectivity index is 1.37. The first-order valence-electron chi connectivity index (χ1n) is 16.2. The van der Waals surface area contributed by atoms with Crippen LogP contribution in [0.3, 0.4) is 0 Å². The molecule has 10 nitrogen and oxygen atoms in total. The minimum absolute atomic E-state index is 0.0505. The fourth-order valence-corrected chi connectivity index (χ4v) is 6.67. The Morgan fingerprint density at radius 3 is 2.43 bits per heavy atom. The number of piperidine rings is 1. The zero-order valence-electron chi connectivity index (χ0n) is 26.6. The van der Waals surface area contributed by atoms with Crippen molar-refractivity contribution in [3.8, 4) is 11.1 Å². The van der Waals surface area contributed by atoms with E-state index in [-0.39, 0.29) is 24.1 Å². The molecule has 0 aliphatic carbocycles. The van der Waals surface area contributed by atoms with Gasteiger partial charge in [0.1, 0.15) is 17.7 Å². The number of aryl methyl sites for hydroxylation is 2. The average molecular weight is 620 g/mol. The number of nitrogens with zero attached hydrogens (tertiary/aromatic N) is 6. The first-order chi connectivity index (χ1) is 22.4. The van der Waals surface area contributed by atoms with Crippen molar-refractivity contribution in [1.82, 2.24) is 34.9 Å². The van der Waals surface area contributed by atoms with Gasteiger partial charge in [0.05, 0.1) is 23.8 Å². The maximum Gasteiger partial charge on any atom is 0.256 e. The minimum atomic E-state index is -0.538. The molecule has 3 amide bonds. The zero-order valence-corrected chi connectivity index (χ0v) is 26.6. The van der Waals surface area contributed by atoms with Gasteiger partial charge in [0.25, 0.3) is 5.91 Å². The maximum absolute atomic E-state index is 14.4. The summed E-state index contributed by atoms with van der Waals surface area (Å²) in [5.74, 6) is 0.886. The number of pyridine rings is 1. The van der Waals surface area contributed by atoms with E-state index in [1.165, 1.54) is 0 Å². The molecule has 10 heteroatoms. The Labute approximate surface area is 269 Å². The summed E-state index contributed by atoms with van der Waals surface area (Å²) in [5.41, 5.74) is 4.03. The van der Waals surface area contributed by atoms with Gasteiger partial charge in [0, 0.05) is 32.3 Å². The number of hydrogen-bond donors (Lipinski definition) is 1. The molecule has 1 fully saturated rings. The lowest BCUT2D eigenvalue weighted by Gasteiger charge is -2.36. The van der Waals surface area contributed by atoms with E-state index in [1.54, 1.807) is 11.1 Å². The number of carbonyl (C=O) groups excluding carboxylic acids is 3. The van der Waals surface area contributed by atoms with E-state index in [0.29, 0.717) is 68.3 Å². The third kappa shape index (κ3) is 6.85. The van der Waals surface area contributed by atoms with Gasteiger partial charge in [0.2, 0.25) is 11.8 Å². The highest BCUT2D eigenvalue weighted by molar-refractivity contribution is 6.01. The fourth-order valence-electron chi connectivity index (χ4n) is 6.67. The number of carbonyl (C=O) groups is 3. The van der Waals surface area contributed by atoms with E-state index in [4.69, 9.17) is 10.1 Å². The lowest BCUT2D eigenvalue weighted by molar-refractivity contribution is -0.142. The molecule has 2 aliphatic rings. The van der Waals surface area contributed by atoms with Gasteiger partial charge >= 0.3 is 0 Å². The van der Waals surface area contributed by atoms with Crippen molar-refractivity contribution >= 4 is 17.7 Å². The van der Waals surface area contributed by atoms with E-state index in [1.807, 2.05) is 90.2 Å². The van der Waals surface area contributed by atoms with Crippen LogP contribution >= 0.6 is 0 Å². The molecule has 0 unspecified atom stereocenters. The van der Waals surface area contributed by atoms with Gasteiger partial charge in [0.15, 0.2) is 0 Å².